The molecule has 0 radical (unpaired) electrons. The van der Waals surface area contributed by atoms with E-state index in [1.54, 1.807) is 0 Å². The van der Waals surface area contributed by atoms with Crippen LogP contribution in [0.2, 0.25) is 0 Å². The van der Waals surface area contributed by atoms with Crippen LogP contribution in [0, 0.1) is 0 Å². The SMILES string of the molecule is CS(=O)(=O)c1cc(Br)cnc1NN. The highest BCUT2D eigenvalue weighted by molar-refractivity contribution is 9.10. The Kier molecular flexibility index (Phi) is 2.89. The number of nitrogen functional groups attached to an aromatic ring is 1. The van der Waals surface area contributed by atoms with Gasteiger partial charge in [0.1, 0.15) is 4.90 Å². The third-order valence-corrected chi connectivity index (χ3v) is 2.90. The molecule has 3 N–H and O–H groups in total. The van der Waals surface area contributed by atoms with Gasteiger partial charge < -0.3 is 5.43 Å². The highest BCUT2D eigenvalue weighted by atomic mass is 79.9. The number of halogens is 1. The van der Waals surface area contributed by atoms with E-state index in [1.807, 2.05) is 0 Å². The number of nitrogens with one attached hydrogen (secondary N) is 1. The van der Waals surface area contributed by atoms with E-state index in [0.717, 1.165) is 6.26 Å². The average molecular weight is 266 g/mol. The molecule has 0 aromatic carbocycles. The maximum atomic E-state index is 11.2. The van der Waals surface area contributed by atoms with E-state index in [9.17, 15) is 8.42 Å². The van der Waals surface area contributed by atoms with Crippen molar-refractivity contribution in [3.63, 3.8) is 0 Å². The molecule has 0 aliphatic carbocycles. The van der Waals surface area contributed by atoms with Crippen molar-refractivity contribution in [1.82, 2.24) is 4.98 Å². The van der Waals surface area contributed by atoms with Crippen LogP contribution in [0.25, 0.3) is 0 Å². The first kappa shape index (κ1) is 10.4. The maximum absolute atomic E-state index is 11.2. The number of pyridine rings is 1. The van der Waals surface area contributed by atoms with Crippen molar-refractivity contribution in [3.8, 4) is 0 Å². The van der Waals surface area contributed by atoms with Gasteiger partial charge in [-0.3, -0.25) is 0 Å². The Morgan fingerprint density at radius 2 is 2.23 bits per heavy atom. The minimum atomic E-state index is -3.30. The third kappa shape index (κ3) is 2.39. The van der Waals surface area contributed by atoms with Gasteiger partial charge in [0, 0.05) is 16.9 Å². The molecular formula is C6H8BrN3O2S. The summed E-state index contributed by atoms with van der Waals surface area (Å²) >= 11 is 3.12. The van der Waals surface area contributed by atoms with Gasteiger partial charge in [0.05, 0.1) is 0 Å². The fourth-order valence-electron chi connectivity index (χ4n) is 0.812. The molecule has 5 nitrogen and oxygen atoms in total. The molecule has 13 heavy (non-hydrogen) atoms. The average Bonchev–Trinajstić information content (AvgIpc) is 2.03. The van der Waals surface area contributed by atoms with Gasteiger partial charge >= 0.3 is 0 Å². The van der Waals surface area contributed by atoms with Crippen LogP contribution >= 0.6 is 15.9 Å². The quantitative estimate of drug-likeness (QED) is 0.602. The van der Waals surface area contributed by atoms with Gasteiger partial charge in [0.25, 0.3) is 0 Å². The summed E-state index contributed by atoms with van der Waals surface area (Å²) in [6.45, 7) is 0. The second kappa shape index (κ2) is 3.60. The lowest BCUT2D eigenvalue weighted by Crippen LogP contribution is -2.13. The molecule has 0 spiro atoms. The van der Waals surface area contributed by atoms with Crippen LogP contribution in [-0.4, -0.2) is 19.7 Å². The Morgan fingerprint density at radius 3 is 2.69 bits per heavy atom. The minimum Gasteiger partial charge on any atom is -0.307 e. The van der Waals surface area contributed by atoms with Crippen LogP contribution in [0.1, 0.15) is 0 Å². The van der Waals surface area contributed by atoms with Gasteiger partial charge in [-0.15, -0.1) is 0 Å². The lowest BCUT2D eigenvalue weighted by molar-refractivity contribution is 0.601. The Bertz CT molecular complexity index is 418. The van der Waals surface area contributed by atoms with Gasteiger partial charge in [-0.2, -0.15) is 0 Å². The summed E-state index contributed by atoms with van der Waals surface area (Å²) in [5.41, 5.74) is 2.22. The number of hydrazine groups is 1. The number of hydrogen-bond donors (Lipinski definition) is 2. The monoisotopic (exact) mass is 265 g/mol. The second-order valence-corrected chi connectivity index (χ2v) is 5.32. The number of rotatable bonds is 2. The molecule has 0 saturated carbocycles. The van der Waals surface area contributed by atoms with Crippen LogP contribution in [0.3, 0.4) is 0 Å². The summed E-state index contributed by atoms with van der Waals surface area (Å²) in [6.07, 6.45) is 2.56. The molecule has 0 unspecified atom stereocenters. The zero-order valence-electron chi connectivity index (χ0n) is 6.78. The van der Waals surface area contributed by atoms with E-state index in [1.165, 1.54) is 12.3 Å². The molecule has 0 aliphatic rings. The van der Waals surface area contributed by atoms with Crippen LogP contribution < -0.4 is 11.3 Å². The van der Waals surface area contributed by atoms with E-state index < -0.39 is 9.84 Å². The smallest absolute Gasteiger partial charge is 0.179 e. The Morgan fingerprint density at radius 1 is 1.62 bits per heavy atom. The van der Waals surface area contributed by atoms with Gasteiger partial charge in [-0.25, -0.2) is 19.2 Å². The largest absolute Gasteiger partial charge is 0.307 e. The van der Waals surface area contributed by atoms with Crippen molar-refractivity contribution >= 4 is 31.6 Å². The summed E-state index contributed by atoms with van der Waals surface area (Å²) in [7, 11) is -3.30. The van der Waals surface area contributed by atoms with Crippen molar-refractivity contribution in [2.75, 3.05) is 11.7 Å². The Labute approximate surface area is 84.4 Å². The molecule has 0 atom stereocenters. The van der Waals surface area contributed by atoms with Crippen molar-refractivity contribution in [3.05, 3.63) is 16.7 Å². The first-order chi connectivity index (χ1) is 5.95. The first-order valence-corrected chi connectivity index (χ1v) is 5.96. The van der Waals surface area contributed by atoms with E-state index in [2.05, 4.69) is 26.3 Å². The number of nitrogens with zero attached hydrogens (tertiary/aromatic N) is 1. The van der Waals surface area contributed by atoms with Crippen molar-refractivity contribution < 1.29 is 8.42 Å². The summed E-state index contributed by atoms with van der Waals surface area (Å²) in [5.74, 6) is 5.25. The summed E-state index contributed by atoms with van der Waals surface area (Å²) in [5, 5.41) is 0. The van der Waals surface area contributed by atoms with Crippen molar-refractivity contribution in [2.45, 2.75) is 4.90 Å². The molecule has 0 fully saturated rings. The standard InChI is InChI=1S/C6H8BrN3O2S/c1-13(11,12)5-2-4(7)3-9-6(5)10-8/h2-3H,8H2,1H3,(H,9,10). The molecule has 7 heteroatoms. The Hall–Kier alpha value is -0.660. The normalized spacial score (nSPS) is 11.3. The molecule has 1 aromatic rings. The van der Waals surface area contributed by atoms with Crippen LogP contribution in [0.5, 0.6) is 0 Å². The predicted molar refractivity (Wildman–Crippen MR) is 52.9 cm³/mol. The van der Waals surface area contributed by atoms with E-state index in [-0.39, 0.29) is 10.7 Å². The fourth-order valence-corrected chi connectivity index (χ4v) is 2.10. The molecule has 0 saturated heterocycles. The van der Waals surface area contributed by atoms with Crippen LogP contribution in [-0.2, 0) is 9.84 Å². The predicted octanol–water partition coefficient (Wildman–Crippen LogP) is 0.533. The number of sulfone groups is 1. The number of nitrogens with two attached hydrogens (primary N) is 1. The van der Waals surface area contributed by atoms with E-state index in [4.69, 9.17) is 5.84 Å². The third-order valence-electron chi connectivity index (χ3n) is 1.36. The zero-order valence-corrected chi connectivity index (χ0v) is 9.18. The number of aromatic nitrogens is 1. The molecule has 0 amide bonds. The fraction of sp³-hybridized carbons (Fsp3) is 0.167. The lowest BCUT2D eigenvalue weighted by atomic mass is 10.5. The first-order valence-electron chi connectivity index (χ1n) is 3.27. The maximum Gasteiger partial charge on any atom is 0.179 e. The summed E-state index contributed by atoms with van der Waals surface area (Å²) in [6, 6.07) is 1.44. The van der Waals surface area contributed by atoms with Crippen LogP contribution in [0.15, 0.2) is 21.6 Å². The van der Waals surface area contributed by atoms with Crippen molar-refractivity contribution in [2.24, 2.45) is 5.84 Å². The molecule has 1 heterocycles. The lowest BCUT2D eigenvalue weighted by Gasteiger charge is -2.05. The molecule has 72 valence electrons. The molecule has 1 rings (SSSR count). The molecule has 0 aliphatic heterocycles. The number of hydrogen-bond acceptors (Lipinski definition) is 5. The number of anilines is 1. The highest BCUT2D eigenvalue weighted by Crippen LogP contribution is 2.21. The Balaban J connectivity index is 3.41. The van der Waals surface area contributed by atoms with E-state index >= 15 is 0 Å². The van der Waals surface area contributed by atoms with Crippen LogP contribution in [0.4, 0.5) is 5.82 Å². The van der Waals surface area contributed by atoms with Gasteiger partial charge in [-0.1, -0.05) is 0 Å². The van der Waals surface area contributed by atoms with Crippen molar-refractivity contribution in [1.29, 1.82) is 0 Å². The summed E-state index contributed by atoms with van der Waals surface area (Å²) < 4.78 is 23.0. The molecule has 1 aromatic heterocycles. The van der Waals surface area contributed by atoms with Gasteiger partial charge in [0.2, 0.25) is 0 Å². The van der Waals surface area contributed by atoms with Gasteiger partial charge in [-0.05, 0) is 22.0 Å². The summed E-state index contributed by atoms with van der Waals surface area (Å²) in [4.78, 5) is 3.87. The minimum absolute atomic E-state index is 0.0735. The second-order valence-electron chi connectivity index (χ2n) is 2.42. The highest BCUT2D eigenvalue weighted by Gasteiger charge is 2.14. The van der Waals surface area contributed by atoms with Gasteiger partial charge in [0.15, 0.2) is 15.7 Å². The van der Waals surface area contributed by atoms with E-state index in [0.29, 0.717) is 4.47 Å². The molecular weight excluding hydrogens is 258 g/mol. The zero-order chi connectivity index (χ0) is 10.1. The molecule has 0 bridgehead atoms. The topological polar surface area (TPSA) is 85.1 Å².